The standard InChI is InChI=1S/C15H16N2O/c1-11-5-3-8-14(9-11)17(2)15(18)12-6-4-7-13(16)10-12/h3-10H,16H2,1-2H3. The lowest BCUT2D eigenvalue weighted by Gasteiger charge is -2.18. The van der Waals surface area contributed by atoms with E-state index >= 15 is 0 Å². The first-order valence-corrected chi connectivity index (χ1v) is 5.78. The molecule has 0 fully saturated rings. The highest BCUT2D eigenvalue weighted by atomic mass is 16.2. The van der Waals surface area contributed by atoms with Crippen LogP contribution in [-0.4, -0.2) is 13.0 Å². The van der Waals surface area contributed by atoms with Gasteiger partial charge >= 0.3 is 0 Å². The average molecular weight is 240 g/mol. The van der Waals surface area contributed by atoms with Gasteiger partial charge in [-0.25, -0.2) is 0 Å². The Kier molecular flexibility index (Phi) is 3.33. The van der Waals surface area contributed by atoms with Crippen LogP contribution in [0.3, 0.4) is 0 Å². The molecule has 2 aromatic rings. The number of nitrogen functional groups attached to an aromatic ring is 1. The maximum atomic E-state index is 12.3. The Hall–Kier alpha value is -2.29. The van der Waals surface area contributed by atoms with Crippen LogP contribution >= 0.6 is 0 Å². The molecular weight excluding hydrogens is 224 g/mol. The number of nitrogens with zero attached hydrogens (tertiary/aromatic N) is 1. The molecule has 2 N–H and O–H groups in total. The maximum Gasteiger partial charge on any atom is 0.258 e. The van der Waals surface area contributed by atoms with Gasteiger partial charge < -0.3 is 10.6 Å². The van der Waals surface area contributed by atoms with E-state index in [0.717, 1.165) is 11.3 Å². The van der Waals surface area contributed by atoms with E-state index in [4.69, 9.17) is 5.73 Å². The Labute approximate surface area is 107 Å². The first-order chi connectivity index (χ1) is 8.58. The van der Waals surface area contributed by atoms with Crippen LogP contribution in [0.25, 0.3) is 0 Å². The van der Waals surface area contributed by atoms with Gasteiger partial charge in [-0.3, -0.25) is 4.79 Å². The predicted molar refractivity (Wildman–Crippen MR) is 74.8 cm³/mol. The Balaban J connectivity index is 2.29. The fourth-order valence-electron chi connectivity index (χ4n) is 1.82. The van der Waals surface area contributed by atoms with E-state index in [-0.39, 0.29) is 5.91 Å². The molecule has 0 atom stereocenters. The van der Waals surface area contributed by atoms with Crippen molar-refractivity contribution in [3.63, 3.8) is 0 Å². The molecule has 0 aromatic heterocycles. The largest absolute Gasteiger partial charge is 0.399 e. The monoisotopic (exact) mass is 240 g/mol. The molecule has 0 saturated carbocycles. The molecule has 3 nitrogen and oxygen atoms in total. The van der Waals surface area contributed by atoms with Crippen molar-refractivity contribution in [3.05, 3.63) is 59.7 Å². The summed E-state index contributed by atoms with van der Waals surface area (Å²) in [7, 11) is 1.76. The minimum Gasteiger partial charge on any atom is -0.399 e. The lowest BCUT2D eigenvalue weighted by Crippen LogP contribution is -2.26. The summed E-state index contributed by atoms with van der Waals surface area (Å²) < 4.78 is 0. The first kappa shape index (κ1) is 12.2. The van der Waals surface area contributed by atoms with Crippen molar-refractivity contribution in [2.45, 2.75) is 6.92 Å². The second-order valence-electron chi connectivity index (χ2n) is 4.33. The molecule has 0 radical (unpaired) electrons. The van der Waals surface area contributed by atoms with Crippen LogP contribution in [0.2, 0.25) is 0 Å². The van der Waals surface area contributed by atoms with E-state index < -0.39 is 0 Å². The van der Waals surface area contributed by atoms with Gasteiger partial charge in [0, 0.05) is 24.0 Å². The van der Waals surface area contributed by atoms with Gasteiger partial charge in [0.25, 0.3) is 5.91 Å². The number of hydrogen-bond acceptors (Lipinski definition) is 2. The minimum absolute atomic E-state index is 0.0621. The lowest BCUT2D eigenvalue weighted by atomic mass is 10.1. The van der Waals surface area contributed by atoms with E-state index in [9.17, 15) is 4.79 Å². The number of carbonyl (C=O) groups excluding carboxylic acids is 1. The normalized spacial score (nSPS) is 10.1. The number of aryl methyl sites for hydroxylation is 1. The van der Waals surface area contributed by atoms with Gasteiger partial charge in [0.2, 0.25) is 0 Å². The topological polar surface area (TPSA) is 46.3 Å². The number of benzene rings is 2. The average Bonchev–Trinajstić information content (AvgIpc) is 2.37. The number of hydrogen-bond donors (Lipinski definition) is 1. The van der Waals surface area contributed by atoms with E-state index in [0.29, 0.717) is 11.3 Å². The molecule has 0 aliphatic heterocycles. The predicted octanol–water partition coefficient (Wildman–Crippen LogP) is 2.85. The van der Waals surface area contributed by atoms with Gasteiger partial charge in [-0.1, -0.05) is 18.2 Å². The van der Waals surface area contributed by atoms with Gasteiger partial charge in [0.15, 0.2) is 0 Å². The summed E-state index contributed by atoms with van der Waals surface area (Å²) in [6.07, 6.45) is 0. The zero-order chi connectivity index (χ0) is 13.1. The molecule has 0 unspecified atom stereocenters. The summed E-state index contributed by atoms with van der Waals surface area (Å²) in [6.45, 7) is 2.00. The molecular formula is C15H16N2O. The van der Waals surface area contributed by atoms with Gasteiger partial charge in [-0.15, -0.1) is 0 Å². The molecule has 92 valence electrons. The third kappa shape index (κ3) is 2.51. The number of anilines is 2. The Morgan fingerprint density at radius 3 is 2.50 bits per heavy atom. The number of nitrogens with two attached hydrogens (primary N) is 1. The van der Waals surface area contributed by atoms with Crippen molar-refractivity contribution in [2.24, 2.45) is 0 Å². The molecule has 0 bridgehead atoms. The molecule has 0 aliphatic rings. The summed E-state index contributed by atoms with van der Waals surface area (Å²) in [5, 5.41) is 0. The highest BCUT2D eigenvalue weighted by Gasteiger charge is 2.13. The SMILES string of the molecule is Cc1cccc(N(C)C(=O)c2cccc(N)c2)c1. The second kappa shape index (κ2) is 4.92. The molecule has 2 aromatic carbocycles. The Morgan fingerprint density at radius 1 is 1.11 bits per heavy atom. The number of rotatable bonds is 2. The van der Waals surface area contributed by atoms with Crippen LogP contribution in [0.1, 0.15) is 15.9 Å². The number of carbonyl (C=O) groups is 1. The zero-order valence-corrected chi connectivity index (χ0v) is 10.6. The summed E-state index contributed by atoms with van der Waals surface area (Å²) >= 11 is 0. The van der Waals surface area contributed by atoms with Crippen molar-refractivity contribution in [2.75, 3.05) is 17.7 Å². The summed E-state index contributed by atoms with van der Waals surface area (Å²) in [4.78, 5) is 13.9. The molecule has 2 rings (SSSR count). The Morgan fingerprint density at radius 2 is 1.83 bits per heavy atom. The molecule has 0 saturated heterocycles. The van der Waals surface area contributed by atoms with Gasteiger partial charge in [-0.05, 0) is 42.8 Å². The van der Waals surface area contributed by atoms with Gasteiger partial charge in [0.05, 0.1) is 0 Å². The van der Waals surface area contributed by atoms with Crippen molar-refractivity contribution >= 4 is 17.3 Å². The summed E-state index contributed by atoms with van der Waals surface area (Å²) in [6, 6.07) is 14.8. The third-order valence-electron chi connectivity index (χ3n) is 2.83. The molecule has 1 amide bonds. The third-order valence-corrected chi connectivity index (χ3v) is 2.83. The van der Waals surface area contributed by atoms with Crippen LogP contribution in [0.15, 0.2) is 48.5 Å². The smallest absolute Gasteiger partial charge is 0.258 e. The first-order valence-electron chi connectivity index (χ1n) is 5.78. The van der Waals surface area contributed by atoms with Crippen molar-refractivity contribution < 1.29 is 4.79 Å². The Bertz CT molecular complexity index is 578. The lowest BCUT2D eigenvalue weighted by molar-refractivity contribution is 0.0993. The molecule has 0 aliphatic carbocycles. The summed E-state index contributed by atoms with van der Waals surface area (Å²) in [5.74, 6) is -0.0621. The van der Waals surface area contributed by atoms with Crippen LogP contribution < -0.4 is 10.6 Å². The van der Waals surface area contributed by atoms with E-state index in [1.807, 2.05) is 31.2 Å². The van der Waals surface area contributed by atoms with Crippen molar-refractivity contribution in [3.8, 4) is 0 Å². The van der Waals surface area contributed by atoms with Crippen LogP contribution in [-0.2, 0) is 0 Å². The molecule has 18 heavy (non-hydrogen) atoms. The van der Waals surface area contributed by atoms with Crippen LogP contribution in [0, 0.1) is 6.92 Å². The van der Waals surface area contributed by atoms with Gasteiger partial charge in [0.1, 0.15) is 0 Å². The molecule has 0 spiro atoms. The second-order valence-corrected chi connectivity index (χ2v) is 4.33. The van der Waals surface area contributed by atoms with Crippen LogP contribution in [0.4, 0.5) is 11.4 Å². The van der Waals surface area contributed by atoms with E-state index in [2.05, 4.69) is 0 Å². The minimum atomic E-state index is -0.0621. The maximum absolute atomic E-state index is 12.3. The highest BCUT2D eigenvalue weighted by Crippen LogP contribution is 2.17. The highest BCUT2D eigenvalue weighted by molar-refractivity contribution is 6.06. The molecule has 0 heterocycles. The van der Waals surface area contributed by atoms with E-state index in [1.54, 1.807) is 36.2 Å². The van der Waals surface area contributed by atoms with E-state index in [1.165, 1.54) is 0 Å². The van der Waals surface area contributed by atoms with Crippen LogP contribution in [0.5, 0.6) is 0 Å². The molecule has 3 heteroatoms. The number of amides is 1. The fourth-order valence-corrected chi connectivity index (χ4v) is 1.82. The van der Waals surface area contributed by atoms with Gasteiger partial charge in [-0.2, -0.15) is 0 Å². The summed E-state index contributed by atoms with van der Waals surface area (Å²) in [5.41, 5.74) is 8.88. The van der Waals surface area contributed by atoms with Crippen molar-refractivity contribution in [1.29, 1.82) is 0 Å². The fraction of sp³-hybridized carbons (Fsp3) is 0.133. The quantitative estimate of drug-likeness (QED) is 0.820. The van der Waals surface area contributed by atoms with Crippen molar-refractivity contribution in [1.82, 2.24) is 0 Å². The zero-order valence-electron chi connectivity index (χ0n) is 10.6.